The van der Waals surface area contributed by atoms with Gasteiger partial charge in [0.2, 0.25) is 0 Å². The van der Waals surface area contributed by atoms with Crippen molar-refractivity contribution in [2.45, 2.75) is 26.2 Å². The summed E-state index contributed by atoms with van der Waals surface area (Å²) >= 11 is 6.31. The van der Waals surface area contributed by atoms with Crippen LogP contribution in [0.2, 0.25) is 5.02 Å². The summed E-state index contributed by atoms with van der Waals surface area (Å²) in [6, 6.07) is 17.2. The fourth-order valence-corrected chi connectivity index (χ4v) is 3.49. The number of halogens is 1. The Morgan fingerprint density at radius 2 is 1.94 bits per heavy atom. The predicted molar refractivity (Wildman–Crippen MR) is 128 cm³/mol. The first-order valence-corrected chi connectivity index (χ1v) is 10.9. The number of benzene rings is 2. The number of rotatable bonds is 10. The molecule has 0 saturated heterocycles. The number of anilines is 2. The van der Waals surface area contributed by atoms with Gasteiger partial charge in [0.15, 0.2) is 0 Å². The van der Waals surface area contributed by atoms with Crippen LogP contribution < -0.4 is 10.6 Å². The molecule has 1 amide bonds. The summed E-state index contributed by atoms with van der Waals surface area (Å²) in [4.78, 5) is 17.4. The number of amides is 1. The van der Waals surface area contributed by atoms with Gasteiger partial charge in [0.1, 0.15) is 0 Å². The number of aromatic nitrogens is 1. The molecule has 2 N–H and O–H groups in total. The van der Waals surface area contributed by atoms with Crippen LogP contribution in [0.15, 0.2) is 60.8 Å². The number of carbonyl (C=O) groups excluding carboxylic acids is 1. The van der Waals surface area contributed by atoms with Crippen LogP contribution in [0, 0.1) is 0 Å². The Bertz CT molecular complexity index is 1010. The molecular formula is C25H28ClN3O2. The zero-order chi connectivity index (χ0) is 22.1. The summed E-state index contributed by atoms with van der Waals surface area (Å²) < 4.78 is 5.14. The molecule has 0 saturated carbocycles. The highest BCUT2D eigenvalue weighted by Gasteiger charge is 2.15. The molecule has 0 atom stereocenters. The normalized spacial score (nSPS) is 10.7. The quantitative estimate of drug-likeness (QED) is 0.378. The Kier molecular flexibility index (Phi) is 8.44. The van der Waals surface area contributed by atoms with Crippen molar-refractivity contribution in [1.82, 2.24) is 4.98 Å². The van der Waals surface area contributed by atoms with Crippen molar-refractivity contribution in [2.75, 3.05) is 30.9 Å². The zero-order valence-electron chi connectivity index (χ0n) is 18.0. The highest BCUT2D eigenvalue weighted by Crippen LogP contribution is 2.29. The lowest BCUT2D eigenvalue weighted by molar-refractivity contribution is 0.102. The van der Waals surface area contributed by atoms with Crippen LogP contribution in [0.5, 0.6) is 0 Å². The van der Waals surface area contributed by atoms with Crippen molar-refractivity contribution in [3.63, 3.8) is 0 Å². The van der Waals surface area contributed by atoms with Crippen molar-refractivity contribution >= 4 is 28.9 Å². The number of hydrogen-bond donors (Lipinski definition) is 2. The van der Waals surface area contributed by atoms with Gasteiger partial charge in [-0.05, 0) is 54.8 Å². The molecule has 0 aliphatic rings. The lowest BCUT2D eigenvalue weighted by Gasteiger charge is -2.14. The third-order valence-electron chi connectivity index (χ3n) is 4.95. The highest BCUT2D eigenvalue weighted by atomic mass is 35.5. The van der Waals surface area contributed by atoms with Crippen LogP contribution in [0.1, 0.15) is 35.7 Å². The van der Waals surface area contributed by atoms with Crippen molar-refractivity contribution in [2.24, 2.45) is 0 Å². The Morgan fingerprint density at radius 3 is 2.65 bits per heavy atom. The summed E-state index contributed by atoms with van der Waals surface area (Å²) in [6.45, 7) is 3.27. The molecule has 0 bridgehead atoms. The molecule has 0 radical (unpaired) electrons. The van der Waals surface area contributed by atoms with Crippen LogP contribution >= 0.6 is 11.6 Å². The summed E-state index contributed by atoms with van der Waals surface area (Å²) in [5, 5.41) is 6.84. The molecule has 6 heteroatoms. The second kappa shape index (κ2) is 11.5. The average molecular weight is 438 g/mol. The van der Waals surface area contributed by atoms with E-state index in [1.807, 2.05) is 24.3 Å². The molecule has 31 heavy (non-hydrogen) atoms. The van der Waals surface area contributed by atoms with Crippen LogP contribution in [0.4, 0.5) is 11.4 Å². The minimum absolute atomic E-state index is 0.181. The van der Waals surface area contributed by atoms with E-state index in [1.54, 1.807) is 31.5 Å². The first-order chi connectivity index (χ1) is 15.1. The molecule has 3 aromatic rings. The second-order valence-electron chi connectivity index (χ2n) is 7.27. The number of methoxy groups -OCH3 is 1. The number of nitrogens with zero attached hydrogens (tertiary/aromatic N) is 1. The van der Waals surface area contributed by atoms with Crippen LogP contribution in [-0.2, 0) is 11.2 Å². The maximum Gasteiger partial charge on any atom is 0.257 e. The minimum atomic E-state index is -0.181. The molecule has 2 aromatic carbocycles. The molecule has 0 aliphatic heterocycles. The van der Waals surface area contributed by atoms with Gasteiger partial charge < -0.3 is 15.4 Å². The summed E-state index contributed by atoms with van der Waals surface area (Å²) in [5.41, 5.74) is 4.80. The first-order valence-electron chi connectivity index (χ1n) is 10.5. The molecule has 1 heterocycles. The van der Waals surface area contributed by atoms with E-state index in [0.29, 0.717) is 35.1 Å². The van der Waals surface area contributed by atoms with Crippen LogP contribution in [0.25, 0.3) is 11.3 Å². The number of hydrogen-bond acceptors (Lipinski definition) is 4. The third-order valence-corrected chi connectivity index (χ3v) is 5.25. The van der Waals surface area contributed by atoms with Gasteiger partial charge in [-0.2, -0.15) is 0 Å². The number of nitrogens with one attached hydrogen (secondary N) is 2. The van der Waals surface area contributed by atoms with Crippen LogP contribution in [-0.4, -0.2) is 31.2 Å². The summed E-state index contributed by atoms with van der Waals surface area (Å²) in [7, 11) is 1.64. The van der Waals surface area contributed by atoms with Gasteiger partial charge in [-0.15, -0.1) is 0 Å². The predicted octanol–water partition coefficient (Wildman–Crippen LogP) is 6.06. The summed E-state index contributed by atoms with van der Waals surface area (Å²) in [5.74, 6) is -0.181. The highest BCUT2D eigenvalue weighted by molar-refractivity contribution is 6.33. The molecule has 0 unspecified atom stereocenters. The smallest absolute Gasteiger partial charge is 0.257 e. The fourth-order valence-electron chi connectivity index (χ4n) is 3.26. The van der Waals surface area contributed by atoms with Gasteiger partial charge in [0.05, 0.1) is 22.9 Å². The fraction of sp³-hybridized carbons (Fsp3) is 0.280. The first kappa shape index (κ1) is 22.8. The van der Waals surface area contributed by atoms with Crippen LogP contribution in [0.3, 0.4) is 0 Å². The van der Waals surface area contributed by atoms with Gasteiger partial charge >= 0.3 is 0 Å². The number of pyridine rings is 1. The standard InChI is InChI=1S/C25H28ClN3O2/c1-3-4-6-18-8-11-20(12-9-18)29-25(30)21-13-10-19(17-23(21)27-15-16-31-2)24-22(26)7-5-14-28-24/h5,7-14,17,27H,3-4,6,15-16H2,1-2H3,(H,29,30). The SMILES string of the molecule is CCCCc1ccc(NC(=O)c2ccc(-c3ncccc3Cl)cc2NCCOC)cc1. The lowest BCUT2D eigenvalue weighted by Crippen LogP contribution is -2.16. The van der Waals surface area contributed by atoms with Gasteiger partial charge in [-0.25, -0.2) is 0 Å². The third kappa shape index (κ3) is 6.29. The lowest BCUT2D eigenvalue weighted by atomic mass is 10.0. The van der Waals surface area contributed by atoms with Gasteiger partial charge in [0, 0.05) is 36.8 Å². The topological polar surface area (TPSA) is 63.2 Å². The van der Waals surface area contributed by atoms with E-state index in [1.165, 1.54) is 5.56 Å². The Labute approximate surface area is 188 Å². The van der Waals surface area contributed by atoms with E-state index in [2.05, 4.69) is 34.7 Å². The number of ether oxygens (including phenoxy) is 1. The van der Waals surface area contributed by atoms with E-state index >= 15 is 0 Å². The number of carbonyl (C=O) groups is 1. The summed E-state index contributed by atoms with van der Waals surface area (Å²) in [6.07, 6.45) is 5.08. The Morgan fingerprint density at radius 1 is 1.13 bits per heavy atom. The molecule has 0 spiro atoms. The van der Waals surface area contributed by atoms with Crippen molar-refractivity contribution < 1.29 is 9.53 Å². The molecule has 0 fully saturated rings. The molecule has 162 valence electrons. The monoisotopic (exact) mass is 437 g/mol. The molecule has 5 nitrogen and oxygen atoms in total. The Hall–Kier alpha value is -2.89. The zero-order valence-corrected chi connectivity index (χ0v) is 18.7. The van der Waals surface area contributed by atoms with Gasteiger partial charge in [0.25, 0.3) is 5.91 Å². The van der Waals surface area contributed by atoms with E-state index in [-0.39, 0.29) is 5.91 Å². The average Bonchev–Trinajstić information content (AvgIpc) is 2.79. The molecule has 0 aliphatic carbocycles. The number of unbranched alkanes of at least 4 members (excludes halogenated alkanes) is 1. The van der Waals surface area contributed by atoms with Crippen molar-refractivity contribution in [3.05, 3.63) is 76.9 Å². The van der Waals surface area contributed by atoms with E-state index < -0.39 is 0 Å². The minimum Gasteiger partial charge on any atom is -0.383 e. The van der Waals surface area contributed by atoms with Crippen molar-refractivity contribution in [1.29, 1.82) is 0 Å². The maximum atomic E-state index is 13.0. The second-order valence-corrected chi connectivity index (χ2v) is 7.68. The largest absolute Gasteiger partial charge is 0.383 e. The van der Waals surface area contributed by atoms with Crippen molar-refractivity contribution in [3.8, 4) is 11.3 Å². The molecular weight excluding hydrogens is 410 g/mol. The molecule has 3 rings (SSSR count). The van der Waals surface area contributed by atoms with Gasteiger partial charge in [-0.3, -0.25) is 9.78 Å². The Balaban J connectivity index is 1.82. The van der Waals surface area contributed by atoms with E-state index in [0.717, 1.165) is 30.5 Å². The maximum absolute atomic E-state index is 13.0. The molecule has 1 aromatic heterocycles. The van der Waals surface area contributed by atoms with Gasteiger partial charge in [-0.1, -0.05) is 43.1 Å². The number of aryl methyl sites for hydroxylation is 1. The van der Waals surface area contributed by atoms with E-state index in [4.69, 9.17) is 16.3 Å². The van der Waals surface area contributed by atoms with E-state index in [9.17, 15) is 4.79 Å².